The highest BCUT2D eigenvalue weighted by molar-refractivity contribution is 5.77. The minimum Gasteiger partial charge on any atom is -0.369 e. The van der Waals surface area contributed by atoms with E-state index >= 15 is 0 Å². The Labute approximate surface area is 80.8 Å². The number of amides is 1. The van der Waals surface area contributed by atoms with E-state index in [1.807, 2.05) is 13.8 Å². The summed E-state index contributed by atoms with van der Waals surface area (Å²) in [7, 11) is 0. The molecule has 0 rings (SSSR count). The number of hydrogen-bond donors (Lipinski definition) is 1. The van der Waals surface area contributed by atoms with Crippen molar-refractivity contribution in [3.63, 3.8) is 0 Å². The quantitative estimate of drug-likeness (QED) is 0.685. The molecule has 0 heterocycles. The molecule has 0 radical (unpaired) electrons. The van der Waals surface area contributed by atoms with Gasteiger partial charge < -0.3 is 10.1 Å². The molecule has 78 valence electrons. The Kier molecular flexibility index (Phi) is 6.59. The van der Waals surface area contributed by atoms with E-state index in [9.17, 15) is 4.79 Å². The molecule has 0 aliphatic heterocycles. The highest BCUT2D eigenvalue weighted by atomic mass is 16.5. The molecular formula is C10H21NO2. The molecule has 0 aromatic carbocycles. The van der Waals surface area contributed by atoms with Crippen molar-refractivity contribution < 1.29 is 9.53 Å². The van der Waals surface area contributed by atoms with Gasteiger partial charge in [-0.15, -0.1) is 0 Å². The van der Waals surface area contributed by atoms with Crippen molar-refractivity contribution in [3.05, 3.63) is 0 Å². The Hall–Kier alpha value is -0.570. The van der Waals surface area contributed by atoms with Gasteiger partial charge in [-0.3, -0.25) is 4.79 Å². The first-order valence-corrected chi connectivity index (χ1v) is 4.94. The number of rotatable bonds is 6. The van der Waals surface area contributed by atoms with Crippen molar-refractivity contribution in [1.29, 1.82) is 0 Å². The van der Waals surface area contributed by atoms with Crippen LogP contribution in [0.3, 0.4) is 0 Å². The lowest BCUT2D eigenvalue weighted by Gasteiger charge is -2.11. The molecule has 0 fully saturated rings. The summed E-state index contributed by atoms with van der Waals surface area (Å²) in [5.41, 5.74) is 0. The molecule has 1 atom stereocenters. The molecule has 0 spiro atoms. The summed E-state index contributed by atoms with van der Waals surface area (Å²) < 4.78 is 5.16. The second-order valence-corrected chi connectivity index (χ2v) is 3.68. The largest absolute Gasteiger partial charge is 0.369 e. The summed E-state index contributed by atoms with van der Waals surface area (Å²) in [5, 5.41) is 2.82. The summed E-state index contributed by atoms with van der Waals surface area (Å²) in [4.78, 5) is 11.1. The third-order valence-electron chi connectivity index (χ3n) is 1.89. The Morgan fingerprint density at radius 3 is 2.46 bits per heavy atom. The van der Waals surface area contributed by atoms with E-state index in [0.717, 1.165) is 13.0 Å². The van der Waals surface area contributed by atoms with Gasteiger partial charge in [0.05, 0.1) is 6.10 Å². The van der Waals surface area contributed by atoms with Gasteiger partial charge in [0.15, 0.2) is 0 Å². The second-order valence-electron chi connectivity index (χ2n) is 3.68. The van der Waals surface area contributed by atoms with Gasteiger partial charge >= 0.3 is 0 Å². The van der Waals surface area contributed by atoms with Crippen LogP contribution >= 0.6 is 0 Å². The zero-order valence-corrected chi connectivity index (χ0v) is 9.09. The van der Waals surface area contributed by atoms with E-state index in [1.165, 1.54) is 0 Å². The van der Waals surface area contributed by atoms with Gasteiger partial charge in [0, 0.05) is 6.54 Å². The first-order valence-electron chi connectivity index (χ1n) is 4.94. The normalized spacial score (nSPS) is 13.0. The van der Waals surface area contributed by atoms with Crippen molar-refractivity contribution >= 4 is 5.91 Å². The minimum atomic E-state index is -0.0194. The molecule has 0 aromatic rings. The lowest BCUT2D eigenvalue weighted by atomic mass is 10.1. The third-order valence-corrected chi connectivity index (χ3v) is 1.89. The standard InChI is InChI=1S/C10H21NO2/c1-5-9(4)6-11-10(12)7-13-8(2)3/h8-9H,5-7H2,1-4H3,(H,11,12). The SMILES string of the molecule is CCC(C)CNC(=O)COC(C)C. The van der Waals surface area contributed by atoms with Gasteiger partial charge in [0.25, 0.3) is 0 Å². The fraction of sp³-hybridized carbons (Fsp3) is 0.900. The van der Waals surface area contributed by atoms with Gasteiger partial charge in [0.1, 0.15) is 6.61 Å². The van der Waals surface area contributed by atoms with E-state index in [-0.39, 0.29) is 18.6 Å². The Balaban J connectivity index is 3.40. The first kappa shape index (κ1) is 12.4. The van der Waals surface area contributed by atoms with Crippen LogP contribution in [-0.2, 0) is 9.53 Å². The highest BCUT2D eigenvalue weighted by Gasteiger charge is 2.04. The van der Waals surface area contributed by atoms with Crippen molar-refractivity contribution in [2.24, 2.45) is 5.92 Å². The maximum absolute atomic E-state index is 11.1. The average Bonchev–Trinajstić information content (AvgIpc) is 2.10. The summed E-state index contributed by atoms with van der Waals surface area (Å²) in [5.74, 6) is 0.525. The van der Waals surface area contributed by atoms with Gasteiger partial charge in [-0.2, -0.15) is 0 Å². The summed E-state index contributed by atoms with van der Waals surface area (Å²) in [6.07, 6.45) is 1.21. The predicted molar refractivity (Wildman–Crippen MR) is 53.6 cm³/mol. The van der Waals surface area contributed by atoms with E-state index in [4.69, 9.17) is 4.74 Å². The Bertz CT molecular complexity index is 146. The highest BCUT2D eigenvalue weighted by Crippen LogP contribution is 1.97. The van der Waals surface area contributed by atoms with Gasteiger partial charge in [-0.1, -0.05) is 20.3 Å². The average molecular weight is 187 g/mol. The molecule has 3 heteroatoms. The number of nitrogens with one attached hydrogen (secondary N) is 1. The van der Waals surface area contributed by atoms with Crippen molar-refractivity contribution in [3.8, 4) is 0 Å². The van der Waals surface area contributed by atoms with E-state index < -0.39 is 0 Å². The zero-order chi connectivity index (χ0) is 10.3. The van der Waals surface area contributed by atoms with Crippen LogP contribution in [0.25, 0.3) is 0 Å². The van der Waals surface area contributed by atoms with Crippen LogP contribution in [-0.4, -0.2) is 25.2 Å². The molecule has 3 nitrogen and oxygen atoms in total. The Morgan fingerprint density at radius 2 is 2.00 bits per heavy atom. The molecule has 1 unspecified atom stereocenters. The lowest BCUT2D eigenvalue weighted by Crippen LogP contribution is -2.32. The fourth-order valence-electron chi connectivity index (χ4n) is 0.726. The van der Waals surface area contributed by atoms with Crippen molar-refractivity contribution in [2.75, 3.05) is 13.2 Å². The van der Waals surface area contributed by atoms with Crippen LogP contribution in [0.2, 0.25) is 0 Å². The minimum absolute atomic E-state index is 0.0194. The topological polar surface area (TPSA) is 38.3 Å². The van der Waals surface area contributed by atoms with Crippen molar-refractivity contribution in [2.45, 2.75) is 40.2 Å². The number of ether oxygens (including phenoxy) is 1. The maximum atomic E-state index is 11.1. The number of carbonyl (C=O) groups is 1. The van der Waals surface area contributed by atoms with E-state index in [2.05, 4.69) is 19.2 Å². The number of hydrogen-bond acceptors (Lipinski definition) is 2. The first-order chi connectivity index (χ1) is 6.06. The van der Waals surface area contributed by atoms with E-state index in [1.54, 1.807) is 0 Å². The molecule has 0 saturated carbocycles. The van der Waals surface area contributed by atoms with Crippen LogP contribution in [0.5, 0.6) is 0 Å². The van der Waals surface area contributed by atoms with Crippen LogP contribution < -0.4 is 5.32 Å². The van der Waals surface area contributed by atoms with Crippen LogP contribution in [0, 0.1) is 5.92 Å². The molecule has 0 bridgehead atoms. The van der Waals surface area contributed by atoms with E-state index in [0.29, 0.717) is 5.92 Å². The van der Waals surface area contributed by atoms with Gasteiger partial charge in [0.2, 0.25) is 5.91 Å². The zero-order valence-electron chi connectivity index (χ0n) is 9.09. The molecule has 0 saturated heterocycles. The molecule has 0 aromatic heterocycles. The van der Waals surface area contributed by atoms with Crippen LogP contribution in [0.4, 0.5) is 0 Å². The molecule has 0 aliphatic carbocycles. The fourth-order valence-corrected chi connectivity index (χ4v) is 0.726. The summed E-state index contributed by atoms with van der Waals surface area (Å²) >= 11 is 0. The number of carbonyl (C=O) groups excluding carboxylic acids is 1. The summed E-state index contributed by atoms with van der Waals surface area (Å²) in [6, 6.07) is 0. The smallest absolute Gasteiger partial charge is 0.246 e. The summed E-state index contributed by atoms with van der Waals surface area (Å²) in [6.45, 7) is 8.99. The second kappa shape index (κ2) is 6.89. The molecule has 0 aliphatic rings. The van der Waals surface area contributed by atoms with Crippen molar-refractivity contribution in [1.82, 2.24) is 5.32 Å². The molecular weight excluding hydrogens is 166 g/mol. The van der Waals surface area contributed by atoms with Crippen LogP contribution in [0.1, 0.15) is 34.1 Å². The Morgan fingerprint density at radius 1 is 1.38 bits per heavy atom. The molecule has 1 amide bonds. The molecule has 1 N–H and O–H groups in total. The predicted octanol–water partition coefficient (Wildman–Crippen LogP) is 1.57. The molecule has 13 heavy (non-hydrogen) atoms. The van der Waals surface area contributed by atoms with Crippen LogP contribution in [0.15, 0.2) is 0 Å². The van der Waals surface area contributed by atoms with Gasteiger partial charge in [-0.05, 0) is 19.8 Å². The monoisotopic (exact) mass is 187 g/mol. The maximum Gasteiger partial charge on any atom is 0.246 e. The lowest BCUT2D eigenvalue weighted by molar-refractivity contribution is -0.127. The third kappa shape index (κ3) is 7.78. The van der Waals surface area contributed by atoms with Gasteiger partial charge in [-0.25, -0.2) is 0 Å².